The Bertz CT molecular complexity index is 839. The number of nitrogens with one attached hydrogen (secondary N) is 1. The van der Waals surface area contributed by atoms with E-state index in [1.165, 1.54) is 0 Å². The molecule has 0 spiro atoms. The van der Waals surface area contributed by atoms with Crippen molar-refractivity contribution in [2.75, 3.05) is 14.2 Å². The van der Waals surface area contributed by atoms with Crippen LogP contribution in [0.1, 0.15) is 24.3 Å². The minimum atomic E-state index is -0.168. The van der Waals surface area contributed by atoms with Gasteiger partial charge in [0, 0.05) is 18.0 Å². The first-order valence-electron chi connectivity index (χ1n) is 8.21. The van der Waals surface area contributed by atoms with E-state index in [-0.39, 0.29) is 12.1 Å². The number of hydrogen-bond acceptors (Lipinski definition) is 3. The number of carbonyl (C=O) groups is 1. The Labute approximate surface area is 147 Å². The zero-order valence-electron chi connectivity index (χ0n) is 14.7. The molecule has 0 aliphatic carbocycles. The minimum absolute atomic E-state index is 0.119. The van der Waals surface area contributed by atoms with Crippen molar-refractivity contribution >= 4 is 17.0 Å². The summed E-state index contributed by atoms with van der Waals surface area (Å²) in [5.74, 6) is 1.50. The van der Waals surface area contributed by atoms with Gasteiger partial charge in [0.15, 0.2) is 0 Å². The Kier molecular flexibility index (Phi) is 4.93. The van der Waals surface area contributed by atoms with Gasteiger partial charge in [0.05, 0.1) is 19.7 Å². The van der Waals surface area contributed by atoms with E-state index in [1.54, 1.807) is 19.1 Å². The third kappa shape index (κ3) is 3.60. The van der Waals surface area contributed by atoms with Crippen molar-refractivity contribution < 1.29 is 13.9 Å². The lowest BCUT2D eigenvalue weighted by Crippen LogP contribution is -2.38. The summed E-state index contributed by atoms with van der Waals surface area (Å²) in [6.45, 7) is 2.31. The maximum atomic E-state index is 12.5. The number of carbonyl (C=O) groups excluding carboxylic acids is 1. The van der Waals surface area contributed by atoms with Crippen molar-refractivity contribution in [3.63, 3.8) is 0 Å². The van der Waals surface area contributed by atoms with Crippen LogP contribution in [0.25, 0.3) is 11.0 Å². The van der Waals surface area contributed by atoms with E-state index in [2.05, 4.69) is 5.32 Å². The number of fused-ring (bicyclic) bond motifs is 1. The molecule has 5 nitrogen and oxygen atoms in total. The van der Waals surface area contributed by atoms with Crippen LogP contribution in [0, 0.1) is 0 Å². The molecule has 2 aromatic carbocycles. The van der Waals surface area contributed by atoms with Gasteiger partial charge in [-0.2, -0.15) is 0 Å². The number of para-hydroxylation sites is 2. The second kappa shape index (κ2) is 7.30. The highest BCUT2D eigenvalue weighted by Gasteiger charge is 2.20. The van der Waals surface area contributed by atoms with Gasteiger partial charge in [0.1, 0.15) is 17.1 Å². The molecule has 3 aromatic rings. The summed E-state index contributed by atoms with van der Waals surface area (Å²) < 4.78 is 11.1. The van der Waals surface area contributed by atoms with E-state index in [9.17, 15) is 4.79 Å². The second-order valence-corrected chi connectivity index (χ2v) is 5.94. The molecule has 0 saturated heterocycles. The summed E-state index contributed by atoms with van der Waals surface area (Å²) in [6.07, 6.45) is 0. The van der Waals surface area contributed by atoms with Crippen molar-refractivity contribution in [1.82, 2.24) is 10.2 Å². The fraction of sp³-hybridized carbons (Fsp3) is 0.250. The molecule has 1 atom stereocenters. The van der Waals surface area contributed by atoms with Crippen molar-refractivity contribution in [2.24, 2.45) is 0 Å². The van der Waals surface area contributed by atoms with Crippen LogP contribution in [-0.2, 0) is 6.54 Å². The van der Waals surface area contributed by atoms with Crippen LogP contribution in [0.3, 0.4) is 0 Å². The molecule has 5 heteroatoms. The fourth-order valence-corrected chi connectivity index (χ4v) is 2.81. The third-order valence-corrected chi connectivity index (χ3v) is 4.38. The smallest absolute Gasteiger partial charge is 0.318 e. The van der Waals surface area contributed by atoms with Crippen LogP contribution < -0.4 is 10.1 Å². The topological polar surface area (TPSA) is 54.7 Å². The van der Waals surface area contributed by atoms with Crippen molar-refractivity contribution in [3.8, 4) is 5.75 Å². The van der Waals surface area contributed by atoms with Gasteiger partial charge < -0.3 is 19.4 Å². The van der Waals surface area contributed by atoms with Gasteiger partial charge in [0.25, 0.3) is 0 Å². The molecule has 3 rings (SSSR count). The highest BCUT2D eigenvalue weighted by molar-refractivity contribution is 5.78. The van der Waals surface area contributed by atoms with Crippen LogP contribution in [0.15, 0.2) is 59.0 Å². The highest BCUT2D eigenvalue weighted by atomic mass is 16.5. The average Bonchev–Trinajstić information content (AvgIpc) is 3.07. The molecular formula is C20H22N2O3. The number of benzene rings is 2. The molecule has 0 fully saturated rings. The fourth-order valence-electron chi connectivity index (χ4n) is 2.81. The summed E-state index contributed by atoms with van der Waals surface area (Å²) in [6, 6.07) is 17.2. The van der Waals surface area contributed by atoms with Crippen LogP contribution in [0.2, 0.25) is 0 Å². The normalized spacial score (nSPS) is 12.0. The van der Waals surface area contributed by atoms with Crippen molar-refractivity contribution in [1.29, 1.82) is 0 Å². The predicted octanol–water partition coefficient (Wildman–Crippen LogP) is 4.34. The third-order valence-electron chi connectivity index (χ3n) is 4.38. The Balaban J connectivity index is 1.65. The number of rotatable bonds is 5. The molecule has 2 amide bonds. The predicted molar refractivity (Wildman–Crippen MR) is 97.6 cm³/mol. The molecule has 1 unspecified atom stereocenters. The molecule has 1 N–H and O–H groups in total. The molecule has 0 saturated carbocycles. The van der Waals surface area contributed by atoms with E-state index in [0.29, 0.717) is 6.54 Å². The summed E-state index contributed by atoms with van der Waals surface area (Å²) in [7, 11) is 3.40. The summed E-state index contributed by atoms with van der Waals surface area (Å²) >= 11 is 0. The molecular weight excluding hydrogens is 316 g/mol. The number of ether oxygens (including phenoxy) is 1. The standard InChI is InChI=1S/C20H22N2O3/c1-14(17-9-5-7-11-19(17)24-3)22(2)20(23)21-13-16-12-15-8-4-6-10-18(15)25-16/h4-12,14H,13H2,1-3H3,(H,21,23). The molecule has 0 aliphatic rings. The van der Waals surface area contributed by atoms with Crippen molar-refractivity contribution in [3.05, 3.63) is 65.9 Å². The maximum absolute atomic E-state index is 12.5. The molecule has 0 radical (unpaired) electrons. The van der Waals surface area contributed by atoms with Gasteiger partial charge in [-0.3, -0.25) is 0 Å². The number of methoxy groups -OCH3 is 1. The highest BCUT2D eigenvalue weighted by Crippen LogP contribution is 2.28. The van der Waals surface area contributed by atoms with Crippen LogP contribution >= 0.6 is 0 Å². The monoisotopic (exact) mass is 338 g/mol. The lowest BCUT2D eigenvalue weighted by Gasteiger charge is -2.26. The zero-order chi connectivity index (χ0) is 17.8. The van der Waals surface area contributed by atoms with Gasteiger partial charge >= 0.3 is 6.03 Å². The van der Waals surface area contributed by atoms with E-state index >= 15 is 0 Å². The molecule has 1 heterocycles. The second-order valence-electron chi connectivity index (χ2n) is 5.94. The summed E-state index contributed by atoms with van der Waals surface area (Å²) in [5.41, 5.74) is 1.79. The first kappa shape index (κ1) is 16.9. The van der Waals surface area contributed by atoms with E-state index in [4.69, 9.17) is 9.15 Å². The number of amides is 2. The van der Waals surface area contributed by atoms with Crippen LogP contribution in [-0.4, -0.2) is 25.1 Å². The summed E-state index contributed by atoms with van der Waals surface area (Å²) in [5, 5.41) is 3.93. The number of furan rings is 1. The van der Waals surface area contributed by atoms with Crippen molar-refractivity contribution in [2.45, 2.75) is 19.5 Å². The van der Waals surface area contributed by atoms with Gasteiger partial charge in [-0.1, -0.05) is 36.4 Å². The van der Waals surface area contributed by atoms with Gasteiger partial charge in [-0.25, -0.2) is 4.79 Å². The zero-order valence-corrected chi connectivity index (χ0v) is 14.7. The Morgan fingerprint density at radius 2 is 1.92 bits per heavy atom. The lowest BCUT2D eigenvalue weighted by atomic mass is 10.1. The molecule has 1 aromatic heterocycles. The first-order chi connectivity index (χ1) is 12.1. The Hall–Kier alpha value is -2.95. The first-order valence-corrected chi connectivity index (χ1v) is 8.21. The molecule has 25 heavy (non-hydrogen) atoms. The largest absolute Gasteiger partial charge is 0.496 e. The van der Waals surface area contributed by atoms with E-state index in [1.807, 2.05) is 61.5 Å². The van der Waals surface area contributed by atoms with E-state index < -0.39 is 0 Å². The van der Waals surface area contributed by atoms with Crippen LogP contribution in [0.5, 0.6) is 5.75 Å². The Morgan fingerprint density at radius 3 is 2.68 bits per heavy atom. The summed E-state index contributed by atoms with van der Waals surface area (Å²) in [4.78, 5) is 14.1. The minimum Gasteiger partial charge on any atom is -0.496 e. The van der Waals surface area contributed by atoms with E-state index in [0.717, 1.165) is 28.0 Å². The van der Waals surface area contributed by atoms with Gasteiger partial charge in [-0.05, 0) is 25.1 Å². The molecule has 0 bridgehead atoms. The number of urea groups is 1. The molecule has 130 valence electrons. The maximum Gasteiger partial charge on any atom is 0.318 e. The molecule has 0 aliphatic heterocycles. The van der Waals surface area contributed by atoms with Gasteiger partial charge in [0.2, 0.25) is 0 Å². The number of nitrogens with zero attached hydrogens (tertiary/aromatic N) is 1. The quantitative estimate of drug-likeness (QED) is 0.753. The SMILES string of the molecule is COc1ccccc1C(C)N(C)C(=O)NCc1cc2ccccc2o1. The Morgan fingerprint density at radius 1 is 1.20 bits per heavy atom. The van der Waals surface area contributed by atoms with Gasteiger partial charge in [-0.15, -0.1) is 0 Å². The average molecular weight is 338 g/mol. The van der Waals surface area contributed by atoms with Crippen LogP contribution in [0.4, 0.5) is 4.79 Å². The lowest BCUT2D eigenvalue weighted by molar-refractivity contribution is 0.192. The number of hydrogen-bond donors (Lipinski definition) is 1.